The standard InChI is InChI=1S/C15H22BrNO4/c1-10-15(18,4-5-21-10)9-17-8-11-6-12(16)14(20-3)13(7-11)19-2/h6-7,10,17-18H,4-5,8-9H2,1-3H3. The van der Waals surface area contributed by atoms with Crippen LogP contribution in [0.1, 0.15) is 18.9 Å². The van der Waals surface area contributed by atoms with Gasteiger partial charge in [0.1, 0.15) is 5.60 Å². The van der Waals surface area contributed by atoms with Crippen LogP contribution in [0.5, 0.6) is 11.5 Å². The van der Waals surface area contributed by atoms with E-state index in [4.69, 9.17) is 14.2 Å². The first-order valence-electron chi connectivity index (χ1n) is 6.95. The Morgan fingerprint density at radius 3 is 2.76 bits per heavy atom. The lowest BCUT2D eigenvalue weighted by molar-refractivity contribution is -0.0262. The van der Waals surface area contributed by atoms with E-state index in [0.29, 0.717) is 37.6 Å². The van der Waals surface area contributed by atoms with Crippen LogP contribution in [-0.4, -0.2) is 44.2 Å². The van der Waals surface area contributed by atoms with Gasteiger partial charge >= 0.3 is 0 Å². The average molecular weight is 360 g/mol. The second-order valence-electron chi connectivity index (χ2n) is 5.28. The van der Waals surface area contributed by atoms with Gasteiger partial charge in [-0.15, -0.1) is 0 Å². The van der Waals surface area contributed by atoms with Crippen molar-refractivity contribution in [2.75, 3.05) is 27.4 Å². The predicted octanol–water partition coefficient (Wildman–Crippen LogP) is 2.10. The van der Waals surface area contributed by atoms with Crippen molar-refractivity contribution in [2.45, 2.75) is 31.6 Å². The molecule has 0 amide bonds. The monoisotopic (exact) mass is 359 g/mol. The summed E-state index contributed by atoms with van der Waals surface area (Å²) < 4.78 is 16.9. The summed E-state index contributed by atoms with van der Waals surface area (Å²) in [4.78, 5) is 0. The van der Waals surface area contributed by atoms with Gasteiger partial charge in [-0.3, -0.25) is 0 Å². The highest BCUT2D eigenvalue weighted by atomic mass is 79.9. The Balaban J connectivity index is 1.99. The van der Waals surface area contributed by atoms with Crippen LogP contribution >= 0.6 is 15.9 Å². The highest BCUT2D eigenvalue weighted by Crippen LogP contribution is 2.36. The molecule has 1 saturated heterocycles. The quantitative estimate of drug-likeness (QED) is 0.814. The Morgan fingerprint density at radius 2 is 2.19 bits per heavy atom. The number of benzene rings is 1. The molecular weight excluding hydrogens is 338 g/mol. The molecule has 2 rings (SSSR count). The van der Waals surface area contributed by atoms with Gasteiger partial charge in [0.25, 0.3) is 0 Å². The Kier molecular flexibility index (Phi) is 5.48. The molecule has 0 aromatic heterocycles. The Hall–Kier alpha value is -0.820. The smallest absolute Gasteiger partial charge is 0.174 e. The third-order valence-electron chi connectivity index (χ3n) is 3.91. The van der Waals surface area contributed by atoms with Crippen molar-refractivity contribution in [3.05, 3.63) is 22.2 Å². The van der Waals surface area contributed by atoms with E-state index in [1.165, 1.54) is 0 Å². The van der Waals surface area contributed by atoms with Gasteiger partial charge in [0.2, 0.25) is 0 Å². The zero-order valence-electron chi connectivity index (χ0n) is 12.6. The van der Waals surface area contributed by atoms with Crippen LogP contribution in [0.2, 0.25) is 0 Å². The van der Waals surface area contributed by atoms with Crippen LogP contribution in [0, 0.1) is 0 Å². The minimum absolute atomic E-state index is 0.137. The molecular formula is C15H22BrNO4. The van der Waals surface area contributed by atoms with E-state index in [1.807, 2.05) is 19.1 Å². The molecule has 0 radical (unpaired) electrons. The van der Waals surface area contributed by atoms with Crippen molar-refractivity contribution >= 4 is 15.9 Å². The molecule has 2 atom stereocenters. The zero-order valence-corrected chi connectivity index (χ0v) is 14.2. The minimum Gasteiger partial charge on any atom is -0.493 e. The van der Waals surface area contributed by atoms with Crippen LogP contribution in [0.15, 0.2) is 16.6 Å². The molecule has 1 aliphatic rings. The molecule has 0 spiro atoms. The van der Waals surface area contributed by atoms with Gasteiger partial charge in [0.15, 0.2) is 11.5 Å². The molecule has 0 bridgehead atoms. The summed E-state index contributed by atoms with van der Waals surface area (Å²) in [5.41, 5.74) is 0.267. The maximum atomic E-state index is 10.4. The summed E-state index contributed by atoms with van der Waals surface area (Å²) >= 11 is 3.48. The number of rotatable bonds is 6. The molecule has 1 aromatic carbocycles. The van der Waals surface area contributed by atoms with Gasteiger partial charge in [-0.25, -0.2) is 0 Å². The van der Waals surface area contributed by atoms with Crippen molar-refractivity contribution in [1.82, 2.24) is 5.32 Å². The van der Waals surface area contributed by atoms with E-state index < -0.39 is 5.60 Å². The molecule has 1 aliphatic heterocycles. The maximum absolute atomic E-state index is 10.4. The molecule has 6 heteroatoms. The zero-order chi connectivity index (χ0) is 15.5. The summed E-state index contributed by atoms with van der Waals surface area (Å²) in [5, 5.41) is 13.7. The summed E-state index contributed by atoms with van der Waals surface area (Å²) in [6, 6.07) is 3.90. The third-order valence-corrected chi connectivity index (χ3v) is 4.50. The van der Waals surface area contributed by atoms with Crippen LogP contribution in [0.25, 0.3) is 0 Å². The first-order valence-corrected chi connectivity index (χ1v) is 7.74. The van der Waals surface area contributed by atoms with Gasteiger partial charge < -0.3 is 24.6 Å². The Labute approximate surface area is 133 Å². The Morgan fingerprint density at radius 1 is 1.43 bits per heavy atom. The maximum Gasteiger partial charge on any atom is 0.174 e. The minimum atomic E-state index is -0.784. The third kappa shape index (κ3) is 3.69. The average Bonchev–Trinajstić information content (AvgIpc) is 2.78. The van der Waals surface area contributed by atoms with E-state index in [2.05, 4.69) is 21.2 Å². The van der Waals surface area contributed by atoms with Crippen LogP contribution in [-0.2, 0) is 11.3 Å². The fraction of sp³-hybridized carbons (Fsp3) is 0.600. The molecule has 2 unspecified atom stereocenters. The number of halogens is 1. The van der Waals surface area contributed by atoms with Crippen molar-refractivity contribution in [3.63, 3.8) is 0 Å². The van der Waals surface area contributed by atoms with Gasteiger partial charge in [0, 0.05) is 26.1 Å². The van der Waals surface area contributed by atoms with Crippen LogP contribution < -0.4 is 14.8 Å². The highest BCUT2D eigenvalue weighted by Gasteiger charge is 2.38. The predicted molar refractivity (Wildman–Crippen MR) is 83.9 cm³/mol. The molecule has 1 fully saturated rings. The normalized spacial score (nSPS) is 25.1. The summed E-state index contributed by atoms with van der Waals surface area (Å²) in [6.45, 7) is 3.65. The molecule has 118 valence electrons. The summed E-state index contributed by atoms with van der Waals surface area (Å²) in [6.07, 6.45) is 0.527. The largest absolute Gasteiger partial charge is 0.493 e. The van der Waals surface area contributed by atoms with Crippen LogP contribution in [0.4, 0.5) is 0 Å². The number of nitrogens with one attached hydrogen (secondary N) is 1. The van der Waals surface area contributed by atoms with Crippen LogP contribution in [0.3, 0.4) is 0 Å². The number of ether oxygens (including phenoxy) is 3. The summed E-state index contributed by atoms with van der Waals surface area (Å²) in [7, 11) is 3.22. The molecule has 2 N–H and O–H groups in total. The first-order chi connectivity index (χ1) is 10.00. The first kappa shape index (κ1) is 16.5. The molecule has 0 saturated carbocycles. The van der Waals surface area contributed by atoms with Crippen molar-refractivity contribution < 1.29 is 19.3 Å². The van der Waals surface area contributed by atoms with Crippen molar-refractivity contribution in [3.8, 4) is 11.5 Å². The number of methoxy groups -OCH3 is 2. The molecule has 0 aliphatic carbocycles. The molecule has 21 heavy (non-hydrogen) atoms. The SMILES string of the molecule is COc1cc(CNCC2(O)CCOC2C)cc(Br)c1OC. The highest BCUT2D eigenvalue weighted by molar-refractivity contribution is 9.10. The molecule has 1 heterocycles. The van der Waals surface area contributed by atoms with Gasteiger partial charge in [0.05, 0.1) is 24.8 Å². The van der Waals surface area contributed by atoms with Gasteiger partial charge in [-0.2, -0.15) is 0 Å². The second-order valence-corrected chi connectivity index (χ2v) is 6.14. The second kappa shape index (κ2) is 6.96. The molecule has 1 aromatic rings. The lowest BCUT2D eigenvalue weighted by Gasteiger charge is -2.26. The fourth-order valence-corrected chi connectivity index (χ4v) is 3.15. The van der Waals surface area contributed by atoms with E-state index in [1.54, 1.807) is 14.2 Å². The summed E-state index contributed by atoms with van der Waals surface area (Å²) in [5.74, 6) is 1.36. The van der Waals surface area contributed by atoms with Gasteiger partial charge in [-0.1, -0.05) is 0 Å². The van der Waals surface area contributed by atoms with Crippen molar-refractivity contribution in [2.24, 2.45) is 0 Å². The number of hydrogen-bond acceptors (Lipinski definition) is 5. The van der Waals surface area contributed by atoms with E-state index >= 15 is 0 Å². The lowest BCUT2D eigenvalue weighted by Crippen LogP contribution is -2.45. The van der Waals surface area contributed by atoms with E-state index in [9.17, 15) is 5.11 Å². The van der Waals surface area contributed by atoms with E-state index in [0.717, 1.165) is 10.0 Å². The van der Waals surface area contributed by atoms with E-state index in [-0.39, 0.29) is 6.10 Å². The van der Waals surface area contributed by atoms with Gasteiger partial charge in [-0.05, 0) is 40.5 Å². The van der Waals surface area contributed by atoms with Crippen molar-refractivity contribution in [1.29, 1.82) is 0 Å². The topological polar surface area (TPSA) is 60.0 Å². The Bertz CT molecular complexity index is 497. The fourth-order valence-electron chi connectivity index (χ4n) is 2.50. The number of hydrogen-bond donors (Lipinski definition) is 2. The molecule has 5 nitrogen and oxygen atoms in total. The number of aliphatic hydroxyl groups is 1. The lowest BCUT2D eigenvalue weighted by atomic mass is 9.96.